The van der Waals surface area contributed by atoms with Crippen LogP contribution in [-0.2, 0) is 6.18 Å². The zero-order valence-corrected chi connectivity index (χ0v) is 20.1. The molecule has 2 fully saturated rings. The first kappa shape index (κ1) is 24.2. The lowest BCUT2D eigenvalue weighted by Crippen LogP contribution is -2.48. The van der Waals surface area contributed by atoms with Crippen LogP contribution in [0.5, 0.6) is 0 Å². The van der Waals surface area contributed by atoms with Crippen molar-refractivity contribution in [3.8, 4) is 11.4 Å². The summed E-state index contributed by atoms with van der Waals surface area (Å²) < 4.78 is 54.4. The van der Waals surface area contributed by atoms with E-state index in [2.05, 4.69) is 21.8 Å². The average Bonchev–Trinajstić information content (AvgIpc) is 3.31. The van der Waals surface area contributed by atoms with Gasteiger partial charge >= 0.3 is 6.18 Å². The molecule has 2 aliphatic heterocycles. The van der Waals surface area contributed by atoms with E-state index in [4.69, 9.17) is 9.97 Å². The van der Waals surface area contributed by atoms with Gasteiger partial charge < -0.3 is 14.7 Å². The molecule has 0 bridgehead atoms. The molecule has 1 atom stereocenters. The van der Waals surface area contributed by atoms with E-state index in [1.807, 2.05) is 4.90 Å². The Morgan fingerprint density at radius 2 is 1.64 bits per heavy atom. The molecule has 2 aromatic heterocycles. The Morgan fingerprint density at radius 3 is 2.31 bits per heavy atom. The highest BCUT2D eigenvalue weighted by atomic mass is 19.4. The van der Waals surface area contributed by atoms with Crippen molar-refractivity contribution in [2.45, 2.75) is 38.9 Å². The first-order chi connectivity index (χ1) is 17.2. The van der Waals surface area contributed by atoms with Crippen LogP contribution in [0, 0.1) is 12.7 Å². The van der Waals surface area contributed by atoms with Crippen LogP contribution in [0.25, 0.3) is 11.4 Å². The monoisotopic (exact) mass is 501 g/mol. The minimum absolute atomic E-state index is 0.0608. The first-order valence-corrected chi connectivity index (χ1v) is 12.0. The van der Waals surface area contributed by atoms with E-state index in [1.54, 1.807) is 24.0 Å². The maximum absolute atomic E-state index is 13.9. The highest BCUT2D eigenvalue weighted by Gasteiger charge is 2.36. The summed E-state index contributed by atoms with van der Waals surface area (Å²) in [6.07, 6.45) is -1.02. The van der Waals surface area contributed by atoms with Crippen molar-refractivity contribution in [3.63, 3.8) is 0 Å². The second kappa shape index (κ2) is 9.51. The van der Waals surface area contributed by atoms with Gasteiger partial charge in [0.25, 0.3) is 0 Å². The number of benzene rings is 1. The summed E-state index contributed by atoms with van der Waals surface area (Å²) in [4.78, 5) is 23.9. The van der Waals surface area contributed by atoms with Gasteiger partial charge in [-0.05, 0) is 62.6 Å². The Hall–Kier alpha value is -3.50. The molecule has 1 unspecified atom stereocenters. The summed E-state index contributed by atoms with van der Waals surface area (Å²) in [6, 6.07) is 7.40. The number of alkyl halides is 3. The Bertz CT molecular complexity index is 1240. The zero-order valence-electron chi connectivity index (χ0n) is 20.1. The average molecular weight is 502 g/mol. The van der Waals surface area contributed by atoms with Gasteiger partial charge in [-0.25, -0.2) is 9.37 Å². The van der Waals surface area contributed by atoms with Crippen molar-refractivity contribution >= 4 is 17.7 Å². The van der Waals surface area contributed by atoms with E-state index in [-0.39, 0.29) is 17.7 Å². The van der Waals surface area contributed by atoms with Gasteiger partial charge in [-0.1, -0.05) is 0 Å². The predicted octanol–water partition coefficient (Wildman–Crippen LogP) is 4.72. The fourth-order valence-corrected chi connectivity index (χ4v) is 4.76. The van der Waals surface area contributed by atoms with Crippen molar-refractivity contribution in [2.75, 3.05) is 47.4 Å². The molecule has 3 aromatic rings. The third-order valence-corrected chi connectivity index (χ3v) is 6.79. The molecule has 5 rings (SSSR count). The third kappa shape index (κ3) is 4.78. The number of hydrogen-bond acceptors (Lipinski definition) is 7. The standard InChI is InChI=1S/C25H27F4N7/c1-16-15-18(7-8-20(16)26)21-31-23(33-24(32-21)36-10-4-5-17(36)2)35-13-11-34(12-14-35)22-19(25(27,28)29)6-3-9-30-22/h3,6-9,15,17H,4-5,10-14H2,1-2H3. The Balaban J connectivity index is 1.44. The molecule has 7 nitrogen and oxygen atoms in total. The van der Waals surface area contributed by atoms with Gasteiger partial charge in [0.2, 0.25) is 11.9 Å². The van der Waals surface area contributed by atoms with Gasteiger partial charge in [-0.15, -0.1) is 0 Å². The number of aromatic nitrogens is 4. The minimum atomic E-state index is -4.47. The van der Waals surface area contributed by atoms with Crippen molar-refractivity contribution in [3.05, 3.63) is 53.5 Å². The summed E-state index contributed by atoms with van der Waals surface area (Å²) in [5.41, 5.74) is 0.445. The lowest BCUT2D eigenvalue weighted by atomic mass is 10.1. The number of hydrogen-bond donors (Lipinski definition) is 0. The van der Waals surface area contributed by atoms with Gasteiger partial charge in [0.05, 0.1) is 5.56 Å². The van der Waals surface area contributed by atoms with Gasteiger partial charge in [0.15, 0.2) is 5.82 Å². The first-order valence-electron chi connectivity index (χ1n) is 12.0. The van der Waals surface area contributed by atoms with Crippen LogP contribution >= 0.6 is 0 Å². The van der Waals surface area contributed by atoms with Gasteiger partial charge in [-0.2, -0.15) is 28.1 Å². The predicted molar refractivity (Wildman–Crippen MR) is 130 cm³/mol. The molecule has 0 spiro atoms. The van der Waals surface area contributed by atoms with Crippen LogP contribution < -0.4 is 14.7 Å². The van der Waals surface area contributed by atoms with Gasteiger partial charge in [0, 0.05) is 50.5 Å². The smallest absolute Gasteiger partial charge is 0.353 e. The number of rotatable bonds is 4. The van der Waals surface area contributed by atoms with E-state index < -0.39 is 11.7 Å². The molecule has 0 saturated carbocycles. The fraction of sp³-hybridized carbons (Fsp3) is 0.440. The van der Waals surface area contributed by atoms with Crippen molar-refractivity contribution in [1.29, 1.82) is 0 Å². The van der Waals surface area contributed by atoms with E-state index in [9.17, 15) is 17.6 Å². The van der Waals surface area contributed by atoms with Crippen LogP contribution in [0.3, 0.4) is 0 Å². The molecule has 0 N–H and O–H groups in total. The van der Waals surface area contributed by atoms with Crippen LogP contribution in [0.15, 0.2) is 36.5 Å². The van der Waals surface area contributed by atoms with Crippen LogP contribution in [-0.4, -0.2) is 58.7 Å². The number of piperazine rings is 1. The number of aryl methyl sites for hydroxylation is 1. The quantitative estimate of drug-likeness (QED) is 0.480. The van der Waals surface area contributed by atoms with E-state index >= 15 is 0 Å². The molecule has 0 aliphatic carbocycles. The largest absolute Gasteiger partial charge is 0.419 e. The molecular formula is C25H27F4N7. The van der Waals surface area contributed by atoms with Crippen LogP contribution in [0.4, 0.5) is 35.3 Å². The maximum atomic E-state index is 13.9. The number of nitrogens with zero attached hydrogens (tertiary/aromatic N) is 7. The van der Waals surface area contributed by atoms with E-state index in [0.29, 0.717) is 55.0 Å². The van der Waals surface area contributed by atoms with Gasteiger partial charge in [-0.3, -0.25) is 0 Å². The van der Waals surface area contributed by atoms with Crippen LogP contribution in [0.1, 0.15) is 30.9 Å². The SMILES string of the molecule is Cc1cc(-c2nc(N3CCN(c4ncccc4C(F)(F)F)CC3)nc(N3CCCC3C)n2)ccc1F. The molecule has 0 amide bonds. The normalized spacial score (nSPS) is 18.7. The molecule has 4 heterocycles. The Labute approximate surface area is 206 Å². The van der Waals surface area contributed by atoms with Gasteiger partial charge in [0.1, 0.15) is 11.6 Å². The summed E-state index contributed by atoms with van der Waals surface area (Å²) >= 11 is 0. The highest BCUT2D eigenvalue weighted by molar-refractivity contribution is 5.60. The molecule has 0 radical (unpaired) electrons. The Kier molecular flexibility index (Phi) is 6.40. The second-order valence-corrected chi connectivity index (χ2v) is 9.25. The zero-order chi connectivity index (χ0) is 25.4. The molecule has 36 heavy (non-hydrogen) atoms. The molecule has 11 heteroatoms. The number of pyridine rings is 1. The topological polar surface area (TPSA) is 61.3 Å². The third-order valence-electron chi connectivity index (χ3n) is 6.79. The Morgan fingerprint density at radius 1 is 0.917 bits per heavy atom. The number of halogens is 4. The van der Waals surface area contributed by atoms with Crippen LogP contribution in [0.2, 0.25) is 0 Å². The maximum Gasteiger partial charge on any atom is 0.419 e. The van der Waals surface area contributed by atoms with E-state index in [0.717, 1.165) is 25.5 Å². The lowest BCUT2D eigenvalue weighted by Gasteiger charge is -2.36. The summed E-state index contributed by atoms with van der Waals surface area (Å²) in [6.45, 7) is 6.18. The second-order valence-electron chi connectivity index (χ2n) is 9.25. The fourth-order valence-electron chi connectivity index (χ4n) is 4.76. The van der Waals surface area contributed by atoms with E-state index in [1.165, 1.54) is 18.3 Å². The van der Waals surface area contributed by atoms with Crippen molar-refractivity contribution in [2.24, 2.45) is 0 Å². The highest BCUT2D eigenvalue weighted by Crippen LogP contribution is 2.35. The summed E-state index contributed by atoms with van der Waals surface area (Å²) in [7, 11) is 0. The minimum Gasteiger partial charge on any atom is -0.353 e. The molecule has 190 valence electrons. The van der Waals surface area contributed by atoms with Crippen molar-refractivity contribution in [1.82, 2.24) is 19.9 Å². The van der Waals surface area contributed by atoms with Crippen molar-refractivity contribution < 1.29 is 17.6 Å². The summed E-state index contributed by atoms with van der Waals surface area (Å²) in [5.74, 6) is 1.12. The lowest BCUT2D eigenvalue weighted by molar-refractivity contribution is -0.137. The summed E-state index contributed by atoms with van der Waals surface area (Å²) in [5, 5.41) is 0. The molecular weight excluding hydrogens is 474 g/mol. The number of anilines is 3. The molecule has 2 aliphatic rings. The molecule has 2 saturated heterocycles. The molecule has 1 aromatic carbocycles.